The van der Waals surface area contributed by atoms with Crippen LogP contribution in [0, 0.1) is 11.7 Å². The Morgan fingerprint density at radius 1 is 1.59 bits per heavy atom. The lowest BCUT2D eigenvalue weighted by Crippen LogP contribution is -2.28. The third-order valence-corrected chi connectivity index (χ3v) is 4.18. The highest BCUT2D eigenvalue weighted by Crippen LogP contribution is 2.22. The largest absolute Gasteiger partial charge is 0.338 e. The van der Waals surface area contributed by atoms with E-state index in [0.29, 0.717) is 11.5 Å². The molecule has 0 spiro atoms. The number of likely N-dealkylation sites (tertiary alicyclic amines) is 1. The first-order chi connectivity index (χ1) is 8.11. The predicted molar refractivity (Wildman–Crippen MR) is 69.2 cm³/mol. The van der Waals surface area contributed by atoms with Crippen LogP contribution in [0.1, 0.15) is 16.8 Å². The quantitative estimate of drug-likeness (QED) is 0.765. The van der Waals surface area contributed by atoms with Gasteiger partial charge in [-0.05, 0) is 30.5 Å². The lowest BCUT2D eigenvalue weighted by molar-refractivity contribution is 0.0788. The maximum absolute atomic E-state index is 13.3. The Hall–Kier alpha value is -0.610. The Kier molecular flexibility index (Phi) is 4.05. The molecule has 0 radical (unpaired) electrons. The van der Waals surface area contributed by atoms with E-state index < -0.39 is 5.82 Å². The van der Waals surface area contributed by atoms with Gasteiger partial charge < -0.3 is 4.90 Å². The van der Waals surface area contributed by atoms with E-state index in [-0.39, 0.29) is 10.9 Å². The molecule has 1 amide bonds. The molecular formula is C12H12BrClFNO. The second-order valence-electron chi connectivity index (χ2n) is 4.19. The summed E-state index contributed by atoms with van der Waals surface area (Å²) < 4.78 is 13.3. The van der Waals surface area contributed by atoms with Crippen LogP contribution in [0.4, 0.5) is 4.39 Å². The number of hydrogen-bond acceptors (Lipinski definition) is 1. The van der Waals surface area contributed by atoms with Gasteiger partial charge in [-0.25, -0.2) is 4.39 Å². The monoisotopic (exact) mass is 319 g/mol. The Morgan fingerprint density at radius 2 is 2.35 bits per heavy atom. The van der Waals surface area contributed by atoms with Gasteiger partial charge in [-0.15, -0.1) is 0 Å². The van der Waals surface area contributed by atoms with Crippen LogP contribution >= 0.6 is 27.5 Å². The fourth-order valence-corrected chi connectivity index (χ4v) is 2.60. The van der Waals surface area contributed by atoms with Crippen molar-refractivity contribution in [3.8, 4) is 0 Å². The number of nitrogens with zero attached hydrogens (tertiary/aromatic N) is 1. The van der Waals surface area contributed by atoms with Crippen LogP contribution < -0.4 is 0 Å². The minimum atomic E-state index is -0.547. The highest BCUT2D eigenvalue weighted by molar-refractivity contribution is 9.09. The number of benzene rings is 1. The molecule has 1 atom stereocenters. The van der Waals surface area contributed by atoms with E-state index in [1.807, 2.05) is 0 Å². The molecule has 0 N–H and O–H groups in total. The van der Waals surface area contributed by atoms with E-state index in [2.05, 4.69) is 15.9 Å². The Bertz CT molecular complexity index is 441. The number of amides is 1. The molecule has 0 aromatic heterocycles. The molecule has 0 aliphatic carbocycles. The molecule has 2 rings (SSSR count). The molecule has 5 heteroatoms. The summed E-state index contributed by atoms with van der Waals surface area (Å²) in [7, 11) is 0. The molecule has 1 fully saturated rings. The van der Waals surface area contributed by atoms with Gasteiger partial charge in [0.2, 0.25) is 0 Å². The van der Waals surface area contributed by atoms with E-state index >= 15 is 0 Å². The number of carbonyl (C=O) groups excluding carboxylic acids is 1. The molecule has 0 saturated carbocycles. The average Bonchev–Trinajstić information content (AvgIpc) is 2.80. The van der Waals surface area contributed by atoms with E-state index in [0.717, 1.165) is 24.8 Å². The molecule has 92 valence electrons. The molecular weight excluding hydrogens is 308 g/mol. The van der Waals surface area contributed by atoms with Crippen LogP contribution in [0.15, 0.2) is 18.2 Å². The van der Waals surface area contributed by atoms with Crippen molar-refractivity contribution in [3.63, 3.8) is 0 Å². The van der Waals surface area contributed by atoms with E-state index in [9.17, 15) is 9.18 Å². The van der Waals surface area contributed by atoms with Gasteiger partial charge in [-0.2, -0.15) is 0 Å². The van der Waals surface area contributed by atoms with Crippen LogP contribution in [0.3, 0.4) is 0 Å². The molecule has 1 aromatic rings. The predicted octanol–water partition coefficient (Wildman–Crippen LogP) is 3.34. The minimum absolute atomic E-state index is 0.0429. The number of hydrogen-bond donors (Lipinski definition) is 0. The molecule has 2 nitrogen and oxygen atoms in total. The first-order valence-electron chi connectivity index (χ1n) is 5.42. The van der Waals surface area contributed by atoms with Crippen LogP contribution in [-0.2, 0) is 0 Å². The number of carbonyl (C=O) groups is 1. The summed E-state index contributed by atoms with van der Waals surface area (Å²) in [5.41, 5.74) is 0.363. The van der Waals surface area contributed by atoms with Crippen molar-refractivity contribution in [1.29, 1.82) is 0 Å². The van der Waals surface area contributed by atoms with Gasteiger partial charge in [-0.3, -0.25) is 4.79 Å². The molecule has 17 heavy (non-hydrogen) atoms. The van der Waals surface area contributed by atoms with E-state index in [1.165, 1.54) is 12.1 Å². The molecule has 1 aromatic carbocycles. The maximum Gasteiger partial charge on any atom is 0.253 e. The summed E-state index contributed by atoms with van der Waals surface area (Å²) >= 11 is 9.00. The third kappa shape index (κ3) is 2.80. The number of rotatable bonds is 2. The zero-order chi connectivity index (χ0) is 12.4. The third-order valence-electron chi connectivity index (χ3n) is 2.96. The molecule has 0 bridgehead atoms. The van der Waals surface area contributed by atoms with Crippen molar-refractivity contribution in [2.24, 2.45) is 5.92 Å². The van der Waals surface area contributed by atoms with Crippen molar-refractivity contribution in [2.45, 2.75) is 6.42 Å². The summed E-state index contributed by atoms with van der Waals surface area (Å²) in [6.45, 7) is 1.47. The van der Waals surface area contributed by atoms with E-state index in [4.69, 9.17) is 11.6 Å². The van der Waals surface area contributed by atoms with Gasteiger partial charge in [0.15, 0.2) is 0 Å². The summed E-state index contributed by atoms with van der Waals surface area (Å²) in [4.78, 5) is 13.8. The van der Waals surface area contributed by atoms with Crippen molar-refractivity contribution in [3.05, 3.63) is 34.6 Å². The molecule has 1 aliphatic rings. The average molecular weight is 321 g/mol. The number of alkyl halides is 1. The Labute approximate surface area is 113 Å². The first-order valence-corrected chi connectivity index (χ1v) is 6.92. The topological polar surface area (TPSA) is 20.3 Å². The van der Waals surface area contributed by atoms with Gasteiger partial charge >= 0.3 is 0 Å². The minimum Gasteiger partial charge on any atom is -0.338 e. The van der Waals surface area contributed by atoms with Crippen molar-refractivity contribution < 1.29 is 9.18 Å². The van der Waals surface area contributed by atoms with Gasteiger partial charge in [0, 0.05) is 24.0 Å². The van der Waals surface area contributed by atoms with Gasteiger partial charge in [0.25, 0.3) is 5.91 Å². The van der Waals surface area contributed by atoms with Gasteiger partial charge in [0.05, 0.1) is 5.02 Å². The van der Waals surface area contributed by atoms with Crippen LogP contribution in [0.5, 0.6) is 0 Å². The van der Waals surface area contributed by atoms with Crippen LogP contribution in [0.2, 0.25) is 5.02 Å². The van der Waals surface area contributed by atoms with E-state index in [1.54, 1.807) is 11.0 Å². The lowest BCUT2D eigenvalue weighted by Gasteiger charge is -2.16. The van der Waals surface area contributed by atoms with Crippen molar-refractivity contribution >= 4 is 33.4 Å². The maximum atomic E-state index is 13.3. The summed E-state index contributed by atoms with van der Waals surface area (Å²) in [5.74, 6) is -0.172. The number of halogens is 3. The Balaban J connectivity index is 2.12. The fourth-order valence-electron chi connectivity index (χ4n) is 1.95. The lowest BCUT2D eigenvalue weighted by atomic mass is 10.1. The smallest absolute Gasteiger partial charge is 0.253 e. The van der Waals surface area contributed by atoms with Gasteiger partial charge in [-0.1, -0.05) is 27.5 Å². The van der Waals surface area contributed by atoms with Crippen LogP contribution in [-0.4, -0.2) is 29.2 Å². The normalized spacial score (nSPS) is 19.7. The second kappa shape index (κ2) is 5.36. The first kappa shape index (κ1) is 12.8. The zero-order valence-corrected chi connectivity index (χ0v) is 11.5. The molecule has 1 aliphatic heterocycles. The molecule has 1 saturated heterocycles. The molecule has 1 heterocycles. The summed E-state index contributed by atoms with van der Waals surface area (Å²) in [6, 6.07) is 4.18. The van der Waals surface area contributed by atoms with Crippen molar-refractivity contribution in [1.82, 2.24) is 4.90 Å². The fraction of sp³-hybridized carbons (Fsp3) is 0.417. The SMILES string of the molecule is O=C(c1ccc(Cl)c(F)c1)N1CCC(CBr)C1. The highest BCUT2D eigenvalue weighted by atomic mass is 79.9. The van der Waals surface area contributed by atoms with Crippen molar-refractivity contribution in [2.75, 3.05) is 18.4 Å². The molecule has 1 unspecified atom stereocenters. The zero-order valence-electron chi connectivity index (χ0n) is 9.13. The van der Waals surface area contributed by atoms with Crippen LogP contribution in [0.25, 0.3) is 0 Å². The van der Waals surface area contributed by atoms with Gasteiger partial charge in [0.1, 0.15) is 5.82 Å². The summed E-state index contributed by atoms with van der Waals surface area (Å²) in [6.07, 6.45) is 0.993. The summed E-state index contributed by atoms with van der Waals surface area (Å²) in [5, 5.41) is 0.937. The second-order valence-corrected chi connectivity index (χ2v) is 5.24. The Morgan fingerprint density at radius 3 is 2.94 bits per heavy atom. The highest BCUT2D eigenvalue weighted by Gasteiger charge is 2.26. The standard InChI is InChI=1S/C12H12BrClFNO/c13-6-8-3-4-16(7-8)12(17)9-1-2-10(14)11(15)5-9/h1-2,5,8H,3-4,6-7H2.